The number of carboxylic acid groups (broad SMARTS) is 2. The summed E-state index contributed by atoms with van der Waals surface area (Å²) in [6.45, 7) is 1.89. The van der Waals surface area contributed by atoms with E-state index in [4.69, 9.17) is 19.7 Å². The summed E-state index contributed by atoms with van der Waals surface area (Å²) in [5, 5.41) is 36.1. The first-order valence-electron chi connectivity index (χ1n) is 10.5. The normalized spacial score (nSPS) is 34.2. The van der Waals surface area contributed by atoms with Crippen LogP contribution >= 0.6 is 11.8 Å². The monoisotopic (exact) mass is 484 g/mol. The van der Waals surface area contributed by atoms with Gasteiger partial charge in [-0.3, -0.25) is 19.4 Å². The third-order valence-electron chi connectivity index (χ3n) is 6.04. The van der Waals surface area contributed by atoms with Crippen molar-refractivity contribution in [3.8, 4) is 0 Å². The molecule has 5 rings (SSSR count). The predicted octanol–water partition coefficient (Wildman–Crippen LogP) is -0.722. The zero-order valence-corrected chi connectivity index (χ0v) is 18.4. The Bertz CT molecular complexity index is 941. The standard InChI is InChI=1S/C12H15NO5S.C8H9NO5/c1-5(14)7-10(15)13-8(12(16)17)9(19-11(7)13)6-3-2-4-18-6;10-2-1-4-7(8(12)13)9-5(11)3-6(9)14-4/h5-7,11,14H,2-4H2,1H3,(H,16,17);1,6-7,10H,2-3H2,(H,12,13)/b;4-1-/t5-,6-,7+,11-;6-,7-/m11/s1. The van der Waals surface area contributed by atoms with Crippen molar-refractivity contribution in [3.05, 3.63) is 22.4 Å². The van der Waals surface area contributed by atoms with Crippen molar-refractivity contribution in [3.63, 3.8) is 0 Å². The number of rotatable bonds is 5. The first-order chi connectivity index (χ1) is 15.7. The van der Waals surface area contributed by atoms with Crippen LogP contribution in [0.1, 0.15) is 26.2 Å². The molecule has 5 heterocycles. The minimum Gasteiger partial charge on any atom is -0.479 e. The molecule has 5 aliphatic rings. The fourth-order valence-corrected chi connectivity index (χ4v) is 6.18. The van der Waals surface area contributed by atoms with Gasteiger partial charge in [0.2, 0.25) is 11.8 Å². The zero-order chi connectivity index (χ0) is 24.0. The highest BCUT2D eigenvalue weighted by Gasteiger charge is 2.58. The number of fused-ring (bicyclic) bond motifs is 2. The van der Waals surface area contributed by atoms with E-state index in [1.807, 2.05) is 0 Å². The molecule has 4 saturated heterocycles. The van der Waals surface area contributed by atoms with Gasteiger partial charge in [0.15, 0.2) is 12.3 Å². The molecule has 0 aromatic carbocycles. The van der Waals surface area contributed by atoms with E-state index in [-0.39, 0.29) is 47.8 Å². The average molecular weight is 484 g/mol. The third-order valence-corrected chi connectivity index (χ3v) is 7.50. The van der Waals surface area contributed by atoms with E-state index in [2.05, 4.69) is 0 Å². The number of β-lactam (4-membered cyclic amide) rings is 2. The van der Waals surface area contributed by atoms with Crippen LogP contribution in [0.4, 0.5) is 0 Å². The molecule has 0 saturated carbocycles. The highest BCUT2D eigenvalue weighted by molar-refractivity contribution is 8.04. The van der Waals surface area contributed by atoms with E-state index in [9.17, 15) is 29.4 Å². The van der Waals surface area contributed by atoms with Crippen LogP contribution in [0.5, 0.6) is 0 Å². The Morgan fingerprint density at radius 1 is 1.30 bits per heavy atom. The lowest BCUT2D eigenvalue weighted by Gasteiger charge is -2.43. The Morgan fingerprint density at radius 2 is 2.03 bits per heavy atom. The number of hydrogen-bond donors (Lipinski definition) is 4. The van der Waals surface area contributed by atoms with E-state index in [1.54, 1.807) is 6.92 Å². The summed E-state index contributed by atoms with van der Waals surface area (Å²) in [4.78, 5) is 48.4. The molecule has 0 bridgehead atoms. The van der Waals surface area contributed by atoms with Gasteiger partial charge in [-0.25, -0.2) is 9.59 Å². The van der Waals surface area contributed by atoms with Crippen LogP contribution in [0.15, 0.2) is 22.4 Å². The number of aliphatic hydroxyl groups is 2. The van der Waals surface area contributed by atoms with Crippen molar-refractivity contribution in [2.75, 3.05) is 13.2 Å². The van der Waals surface area contributed by atoms with Gasteiger partial charge in [-0.2, -0.15) is 0 Å². The highest BCUT2D eigenvalue weighted by Crippen LogP contribution is 2.52. The summed E-state index contributed by atoms with van der Waals surface area (Å²) in [5.74, 6) is -3.14. The number of carbonyl (C=O) groups excluding carboxylic acids is 2. The molecular formula is C20H24N2O10S. The Kier molecular flexibility index (Phi) is 6.40. The second-order valence-electron chi connectivity index (χ2n) is 8.11. The highest BCUT2D eigenvalue weighted by atomic mass is 32.2. The summed E-state index contributed by atoms with van der Waals surface area (Å²) in [5.41, 5.74) is 0.0452. The second-order valence-corrected chi connectivity index (χ2v) is 9.27. The molecule has 0 unspecified atom stereocenters. The number of carboxylic acids is 2. The Morgan fingerprint density at radius 3 is 2.55 bits per heavy atom. The Balaban J connectivity index is 0.000000165. The average Bonchev–Trinajstić information content (AvgIpc) is 3.43. The van der Waals surface area contributed by atoms with Gasteiger partial charge in [-0.05, 0) is 25.8 Å². The van der Waals surface area contributed by atoms with Gasteiger partial charge in [-0.1, -0.05) is 11.8 Å². The number of aliphatic hydroxyl groups excluding tert-OH is 2. The Hall–Kier alpha value is -2.61. The van der Waals surface area contributed by atoms with E-state index in [1.165, 1.54) is 27.6 Å². The summed E-state index contributed by atoms with van der Waals surface area (Å²) < 4.78 is 10.7. The number of carbonyl (C=O) groups is 4. The molecule has 0 aromatic rings. The van der Waals surface area contributed by atoms with Gasteiger partial charge in [0.1, 0.15) is 16.8 Å². The number of hydrogen-bond acceptors (Lipinski definition) is 9. The van der Waals surface area contributed by atoms with E-state index in [0.717, 1.165) is 12.8 Å². The van der Waals surface area contributed by atoms with Crippen LogP contribution in [0.3, 0.4) is 0 Å². The number of ether oxygens (including phenoxy) is 2. The molecule has 0 aromatic heterocycles. The molecule has 4 N–H and O–H groups in total. The minimum absolute atomic E-state index is 0.0452. The van der Waals surface area contributed by atoms with Crippen LogP contribution in [0, 0.1) is 5.92 Å². The maximum absolute atomic E-state index is 12.0. The molecule has 0 radical (unpaired) electrons. The number of nitrogens with zero attached hydrogens (tertiary/aromatic N) is 2. The van der Waals surface area contributed by atoms with Gasteiger partial charge < -0.3 is 29.9 Å². The topological polar surface area (TPSA) is 174 Å². The lowest BCUT2D eigenvalue weighted by atomic mass is 9.92. The van der Waals surface area contributed by atoms with Gasteiger partial charge in [0.05, 0.1) is 31.2 Å². The summed E-state index contributed by atoms with van der Waals surface area (Å²) in [7, 11) is 0. The van der Waals surface area contributed by atoms with Crippen LogP contribution in [0.25, 0.3) is 0 Å². The lowest BCUT2D eigenvalue weighted by molar-refractivity contribution is -0.163. The maximum Gasteiger partial charge on any atom is 0.353 e. The van der Waals surface area contributed by atoms with Crippen LogP contribution in [-0.2, 0) is 28.7 Å². The fraction of sp³-hybridized carbons (Fsp3) is 0.600. The first kappa shape index (κ1) is 23.5. The molecular weight excluding hydrogens is 460 g/mol. The third kappa shape index (κ3) is 3.88. The van der Waals surface area contributed by atoms with Crippen molar-refractivity contribution in [1.82, 2.24) is 9.80 Å². The molecule has 180 valence electrons. The molecule has 0 spiro atoms. The smallest absolute Gasteiger partial charge is 0.353 e. The minimum atomic E-state index is -1.14. The summed E-state index contributed by atoms with van der Waals surface area (Å²) >= 11 is 1.35. The van der Waals surface area contributed by atoms with Crippen molar-refractivity contribution in [2.45, 2.75) is 56.0 Å². The molecule has 33 heavy (non-hydrogen) atoms. The fourth-order valence-electron chi connectivity index (χ4n) is 4.48. The van der Waals surface area contributed by atoms with Crippen molar-refractivity contribution >= 4 is 35.5 Å². The van der Waals surface area contributed by atoms with Crippen LogP contribution in [0.2, 0.25) is 0 Å². The molecule has 13 heteroatoms. The maximum atomic E-state index is 12.0. The molecule has 5 aliphatic heterocycles. The number of amides is 2. The van der Waals surface area contributed by atoms with Gasteiger partial charge in [0, 0.05) is 11.5 Å². The van der Waals surface area contributed by atoms with Gasteiger partial charge in [-0.15, -0.1) is 0 Å². The zero-order valence-electron chi connectivity index (χ0n) is 17.6. The number of thioether (sulfide) groups is 1. The first-order valence-corrected chi connectivity index (χ1v) is 11.3. The van der Waals surface area contributed by atoms with Crippen molar-refractivity contribution in [1.29, 1.82) is 0 Å². The molecule has 0 aliphatic carbocycles. The summed E-state index contributed by atoms with van der Waals surface area (Å²) in [6, 6.07) is -1.06. The lowest BCUT2D eigenvalue weighted by Crippen LogP contribution is -2.60. The molecule has 6 atom stereocenters. The van der Waals surface area contributed by atoms with E-state index in [0.29, 0.717) is 11.5 Å². The SMILES string of the molecule is C[C@@H](O)[C@H]1C(=O)N2C(C(=O)O)=C([C@H]3CCCO3)S[C@H]12.O=C(O)[C@H]1/C(=C/CO)O[C@@H]2CC(=O)N21. The number of aliphatic carboxylic acids is 2. The van der Waals surface area contributed by atoms with Crippen molar-refractivity contribution < 1.29 is 49.1 Å². The van der Waals surface area contributed by atoms with E-state index >= 15 is 0 Å². The van der Waals surface area contributed by atoms with Gasteiger partial charge in [0.25, 0.3) is 0 Å². The molecule has 2 amide bonds. The van der Waals surface area contributed by atoms with E-state index < -0.39 is 36.2 Å². The second kappa shape index (κ2) is 8.97. The largest absolute Gasteiger partial charge is 0.479 e. The van der Waals surface area contributed by atoms with Gasteiger partial charge >= 0.3 is 11.9 Å². The summed E-state index contributed by atoms with van der Waals surface area (Å²) in [6.07, 6.45) is 1.73. The predicted molar refractivity (Wildman–Crippen MR) is 110 cm³/mol. The molecule has 12 nitrogen and oxygen atoms in total. The van der Waals surface area contributed by atoms with Crippen molar-refractivity contribution in [2.24, 2.45) is 5.92 Å². The van der Waals surface area contributed by atoms with Crippen LogP contribution < -0.4 is 0 Å². The van der Waals surface area contributed by atoms with Crippen LogP contribution in [-0.4, -0.2) is 97.0 Å². The quantitative estimate of drug-likeness (QED) is 0.362. The Labute approximate surface area is 192 Å². The molecule has 4 fully saturated rings.